The molecule has 1 heterocycles. The maximum absolute atomic E-state index is 12.3. The van der Waals surface area contributed by atoms with E-state index < -0.39 is 5.60 Å². The van der Waals surface area contributed by atoms with Crippen molar-refractivity contribution in [3.05, 3.63) is 42.0 Å². The lowest BCUT2D eigenvalue weighted by Gasteiger charge is -2.35. The summed E-state index contributed by atoms with van der Waals surface area (Å²) in [6.45, 7) is 7.06. The Balaban J connectivity index is 1.85. The molecular formula is C20H26N2O5. The lowest BCUT2D eigenvalue weighted by Crippen LogP contribution is -2.51. The zero-order chi connectivity index (χ0) is 20.0. The van der Waals surface area contributed by atoms with Crippen LogP contribution in [0.1, 0.15) is 31.1 Å². The number of ketones is 1. The second-order valence-corrected chi connectivity index (χ2v) is 7.22. The number of rotatable bonds is 4. The Kier molecular flexibility index (Phi) is 6.60. The zero-order valence-electron chi connectivity index (χ0n) is 16.2. The van der Waals surface area contributed by atoms with Crippen molar-refractivity contribution in [3.63, 3.8) is 0 Å². The highest BCUT2D eigenvalue weighted by molar-refractivity contribution is 6.07. The van der Waals surface area contributed by atoms with Gasteiger partial charge in [0.1, 0.15) is 11.4 Å². The molecule has 0 bridgehead atoms. The molecule has 27 heavy (non-hydrogen) atoms. The fourth-order valence-electron chi connectivity index (χ4n) is 2.54. The number of amides is 2. The van der Waals surface area contributed by atoms with Crippen LogP contribution >= 0.6 is 0 Å². The van der Waals surface area contributed by atoms with Gasteiger partial charge in [-0.3, -0.25) is 9.59 Å². The molecule has 7 nitrogen and oxygen atoms in total. The molecule has 1 aliphatic heterocycles. The van der Waals surface area contributed by atoms with E-state index in [1.54, 1.807) is 41.2 Å². The van der Waals surface area contributed by atoms with Gasteiger partial charge in [-0.1, -0.05) is 0 Å². The first-order valence-corrected chi connectivity index (χ1v) is 8.83. The predicted octanol–water partition coefficient (Wildman–Crippen LogP) is 2.51. The molecule has 1 aromatic carbocycles. The molecule has 0 aromatic heterocycles. The Morgan fingerprint density at radius 1 is 0.926 bits per heavy atom. The average Bonchev–Trinajstić information content (AvgIpc) is 2.64. The minimum Gasteiger partial charge on any atom is -0.497 e. The van der Waals surface area contributed by atoms with E-state index in [0.29, 0.717) is 37.5 Å². The molecule has 0 unspecified atom stereocenters. The summed E-state index contributed by atoms with van der Waals surface area (Å²) in [5, 5.41) is 0. The van der Waals surface area contributed by atoms with Crippen molar-refractivity contribution in [2.75, 3.05) is 33.3 Å². The van der Waals surface area contributed by atoms with Gasteiger partial charge in [-0.15, -0.1) is 0 Å². The molecule has 0 aliphatic carbocycles. The van der Waals surface area contributed by atoms with Crippen molar-refractivity contribution in [3.8, 4) is 5.75 Å². The largest absolute Gasteiger partial charge is 0.497 e. The number of carbonyl (C=O) groups excluding carboxylic acids is 3. The molecule has 1 saturated heterocycles. The van der Waals surface area contributed by atoms with E-state index in [0.717, 1.165) is 0 Å². The molecule has 0 N–H and O–H groups in total. The Morgan fingerprint density at radius 3 is 2.00 bits per heavy atom. The Hall–Kier alpha value is -2.83. The van der Waals surface area contributed by atoms with Gasteiger partial charge in [0.15, 0.2) is 5.78 Å². The Morgan fingerprint density at radius 2 is 1.48 bits per heavy atom. The quantitative estimate of drug-likeness (QED) is 0.598. The van der Waals surface area contributed by atoms with Crippen molar-refractivity contribution in [1.82, 2.24) is 9.80 Å². The normalized spacial score (nSPS) is 15.0. The maximum Gasteiger partial charge on any atom is 0.410 e. The van der Waals surface area contributed by atoms with E-state index >= 15 is 0 Å². The lowest BCUT2D eigenvalue weighted by molar-refractivity contribution is -0.127. The van der Waals surface area contributed by atoms with Gasteiger partial charge in [0.05, 0.1) is 7.11 Å². The third-order valence-electron chi connectivity index (χ3n) is 3.99. The van der Waals surface area contributed by atoms with Crippen molar-refractivity contribution in [2.24, 2.45) is 0 Å². The van der Waals surface area contributed by atoms with Crippen LogP contribution < -0.4 is 4.74 Å². The SMILES string of the molecule is COc1ccc(C(=O)/C=C/C(=O)N2CCN(C(=O)OC(C)(C)C)CC2)cc1. The number of benzene rings is 1. The van der Waals surface area contributed by atoms with E-state index in [1.807, 2.05) is 20.8 Å². The van der Waals surface area contributed by atoms with E-state index in [1.165, 1.54) is 12.2 Å². The number of nitrogens with zero attached hydrogens (tertiary/aromatic N) is 2. The summed E-state index contributed by atoms with van der Waals surface area (Å²) in [4.78, 5) is 39.6. The monoisotopic (exact) mass is 374 g/mol. The summed E-state index contributed by atoms with van der Waals surface area (Å²) < 4.78 is 10.4. The fraction of sp³-hybridized carbons (Fsp3) is 0.450. The van der Waals surface area contributed by atoms with Crippen LogP contribution in [-0.2, 0) is 9.53 Å². The number of ether oxygens (including phenoxy) is 2. The second-order valence-electron chi connectivity index (χ2n) is 7.22. The van der Waals surface area contributed by atoms with E-state index in [2.05, 4.69) is 0 Å². The van der Waals surface area contributed by atoms with Crippen LogP contribution in [0, 0.1) is 0 Å². The van der Waals surface area contributed by atoms with Gasteiger partial charge in [-0.2, -0.15) is 0 Å². The highest BCUT2D eigenvalue weighted by Crippen LogP contribution is 2.13. The van der Waals surface area contributed by atoms with Crippen molar-refractivity contribution in [1.29, 1.82) is 0 Å². The summed E-state index contributed by atoms with van der Waals surface area (Å²) >= 11 is 0. The van der Waals surface area contributed by atoms with Gasteiger partial charge < -0.3 is 19.3 Å². The smallest absolute Gasteiger partial charge is 0.410 e. The van der Waals surface area contributed by atoms with Gasteiger partial charge in [0.25, 0.3) is 0 Å². The fourth-order valence-corrected chi connectivity index (χ4v) is 2.54. The highest BCUT2D eigenvalue weighted by atomic mass is 16.6. The molecule has 1 aliphatic rings. The molecule has 0 saturated carbocycles. The first-order valence-electron chi connectivity index (χ1n) is 8.83. The summed E-state index contributed by atoms with van der Waals surface area (Å²) in [6, 6.07) is 6.68. The van der Waals surface area contributed by atoms with Crippen LogP contribution in [0.2, 0.25) is 0 Å². The van der Waals surface area contributed by atoms with Crippen molar-refractivity contribution in [2.45, 2.75) is 26.4 Å². The van der Waals surface area contributed by atoms with Crippen LogP contribution in [0.25, 0.3) is 0 Å². The average molecular weight is 374 g/mol. The molecule has 1 fully saturated rings. The molecule has 0 atom stereocenters. The maximum atomic E-state index is 12.3. The standard InChI is InChI=1S/C20H26N2O5/c1-20(2,3)27-19(25)22-13-11-21(12-14-22)18(24)10-9-17(23)15-5-7-16(26-4)8-6-15/h5-10H,11-14H2,1-4H3/b10-9+. The van der Waals surface area contributed by atoms with E-state index in [-0.39, 0.29) is 17.8 Å². The third-order valence-corrected chi connectivity index (χ3v) is 3.99. The predicted molar refractivity (Wildman–Crippen MR) is 101 cm³/mol. The van der Waals surface area contributed by atoms with Crippen LogP contribution in [0.15, 0.2) is 36.4 Å². The van der Waals surface area contributed by atoms with Crippen LogP contribution in [0.3, 0.4) is 0 Å². The van der Waals surface area contributed by atoms with Gasteiger partial charge in [-0.25, -0.2) is 4.79 Å². The number of allylic oxidation sites excluding steroid dienone is 1. The summed E-state index contributed by atoms with van der Waals surface area (Å²) in [7, 11) is 1.55. The Labute approximate surface area is 159 Å². The second kappa shape index (κ2) is 8.70. The van der Waals surface area contributed by atoms with Gasteiger partial charge in [0, 0.05) is 37.8 Å². The van der Waals surface area contributed by atoms with Crippen LogP contribution in [0.4, 0.5) is 4.79 Å². The van der Waals surface area contributed by atoms with Gasteiger partial charge >= 0.3 is 6.09 Å². The molecular weight excluding hydrogens is 348 g/mol. The molecule has 0 spiro atoms. The molecule has 7 heteroatoms. The minimum absolute atomic E-state index is 0.249. The summed E-state index contributed by atoms with van der Waals surface area (Å²) in [5.41, 5.74) is -0.0659. The number of methoxy groups -OCH3 is 1. The highest BCUT2D eigenvalue weighted by Gasteiger charge is 2.27. The topological polar surface area (TPSA) is 76.2 Å². The summed E-state index contributed by atoms with van der Waals surface area (Å²) in [6.07, 6.45) is 2.17. The van der Waals surface area contributed by atoms with Crippen molar-refractivity contribution >= 4 is 17.8 Å². The third kappa shape index (κ3) is 6.13. The zero-order valence-corrected chi connectivity index (χ0v) is 16.2. The van der Waals surface area contributed by atoms with Crippen molar-refractivity contribution < 1.29 is 23.9 Å². The van der Waals surface area contributed by atoms with Gasteiger partial charge in [-0.05, 0) is 51.1 Å². The molecule has 0 radical (unpaired) electrons. The molecule has 2 amide bonds. The lowest BCUT2D eigenvalue weighted by atomic mass is 10.1. The molecule has 146 valence electrons. The van der Waals surface area contributed by atoms with E-state index in [4.69, 9.17) is 9.47 Å². The molecule has 1 aromatic rings. The van der Waals surface area contributed by atoms with Crippen LogP contribution in [-0.4, -0.2) is 66.5 Å². The molecule has 2 rings (SSSR count). The Bertz CT molecular complexity index is 711. The minimum atomic E-state index is -0.547. The van der Waals surface area contributed by atoms with Crippen LogP contribution in [0.5, 0.6) is 5.75 Å². The van der Waals surface area contributed by atoms with Gasteiger partial charge in [0.2, 0.25) is 5.91 Å². The summed E-state index contributed by atoms with van der Waals surface area (Å²) in [5.74, 6) is 0.161. The first kappa shape index (κ1) is 20.5. The number of piperazine rings is 1. The number of hydrogen-bond donors (Lipinski definition) is 0. The number of carbonyl (C=O) groups is 3. The number of hydrogen-bond acceptors (Lipinski definition) is 5. The van der Waals surface area contributed by atoms with E-state index in [9.17, 15) is 14.4 Å². The first-order chi connectivity index (χ1) is 12.7.